The Balaban J connectivity index is 1.97. The van der Waals surface area contributed by atoms with Gasteiger partial charge in [-0.15, -0.1) is 16.4 Å². The quantitative estimate of drug-likeness (QED) is 0.568. The third-order valence-corrected chi connectivity index (χ3v) is 4.47. The first-order chi connectivity index (χ1) is 10.8. The fourth-order valence-corrected chi connectivity index (χ4v) is 3.29. The van der Waals surface area contributed by atoms with Crippen molar-refractivity contribution in [3.63, 3.8) is 0 Å². The molecule has 0 fully saturated rings. The minimum Gasteiger partial charge on any atom is -0.497 e. The molecule has 0 aliphatic rings. The number of aromatic nitrogens is 4. The third-order valence-electron chi connectivity index (χ3n) is 3.38. The molecule has 0 saturated heterocycles. The average molecular weight is 310 g/mol. The van der Waals surface area contributed by atoms with Gasteiger partial charge < -0.3 is 4.74 Å². The molecule has 3 heterocycles. The van der Waals surface area contributed by atoms with Crippen molar-refractivity contribution in [1.82, 2.24) is 20.0 Å². The van der Waals surface area contributed by atoms with E-state index in [-0.39, 0.29) is 5.56 Å². The lowest BCUT2D eigenvalue weighted by Gasteiger charge is -2.04. The van der Waals surface area contributed by atoms with Crippen LogP contribution in [0.2, 0.25) is 0 Å². The van der Waals surface area contributed by atoms with Crippen LogP contribution in [0.4, 0.5) is 0 Å². The minimum atomic E-state index is -0.196. The smallest absolute Gasteiger partial charge is 0.292 e. The first kappa shape index (κ1) is 12.9. The van der Waals surface area contributed by atoms with Crippen molar-refractivity contribution in [2.24, 2.45) is 0 Å². The van der Waals surface area contributed by atoms with Gasteiger partial charge in [0.15, 0.2) is 0 Å². The van der Waals surface area contributed by atoms with Crippen LogP contribution < -0.4 is 10.3 Å². The molecule has 0 aliphatic carbocycles. The number of rotatable bonds is 2. The van der Waals surface area contributed by atoms with Gasteiger partial charge in [0.2, 0.25) is 0 Å². The monoisotopic (exact) mass is 310 g/mol. The first-order valence-electron chi connectivity index (χ1n) is 6.55. The van der Waals surface area contributed by atoms with Gasteiger partial charge in [-0.1, -0.05) is 5.21 Å². The van der Waals surface area contributed by atoms with Crippen LogP contribution >= 0.6 is 11.3 Å². The largest absolute Gasteiger partial charge is 0.497 e. The number of hydrogen-bond acceptors (Lipinski definition) is 6. The van der Waals surface area contributed by atoms with E-state index >= 15 is 0 Å². The predicted octanol–water partition coefficient (Wildman–Crippen LogP) is 2.40. The highest BCUT2D eigenvalue weighted by Crippen LogP contribution is 2.27. The highest BCUT2D eigenvalue weighted by atomic mass is 32.1. The summed E-state index contributed by atoms with van der Waals surface area (Å²) in [6, 6.07) is 10.8. The number of thiophene rings is 1. The Morgan fingerprint density at radius 1 is 1.18 bits per heavy atom. The Labute approximate surface area is 128 Å². The van der Waals surface area contributed by atoms with Crippen LogP contribution in [0.1, 0.15) is 0 Å². The summed E-state index contributed by atoms with van der Waals surface area (Å²) in [4.78, 5) is 17.7. The molecule has 0 bridgehead atoms. The lowest BCUT2D eigenvalue weighted by Crippen LogP contribution is -2.21. The molecule has 0 aliphatic heterocycles. The summed E-state index contributed by atoms with van der Waals surface area (Å²) in [6.07, 6.45) is 1.70. The normalized spacial score (nSPS) is 11.1. The van der Waals surface area contributed by atoms with Crippen molar-refractivity contribution < 1.29 is 4.74 Å². The first-order valence-corrected chi connectivity index (χ1v) is 7.37. The second-order valence-corrected chi connectivity index (χ2v) is 5.64. The van der Waals surface area contributed by atoms with E-state index in [0.717, 1.165) is 16.0 Å². The van der Waals surface area contributed by atoms with Crippen LogP contribution in [-0.2, 0) is 0 Å². The summed E-state index contributed by atoms with van der Waals surface area (Å²) >= 11 is 1.33. The molecule has 0 radical (unpaired) electrons. The van der Waals surface area contributed by atoms with Crippen LogP contribution in [0, 0.1) is 0 Å². The summed E-state index contributed by atoms with van der Waals surface area (Å²) in [5, 5.41) is 9.10. The summed E-state index contributed by atoms with van der Waals surface area (Å²) in [5.41, 5.74) is 1.05. The fourth-order valence-electron chi connectivity index (χ4n) is 2.28. The highest BCUT2D eigenvalue weighted by molar-refractivity contribution is 7.25. The van der Waals surface area contributed by atoms with E-state index in [1.807, 2.05) is 12.1 Å². The third kappa shape index (κ3) is 1.86. The average Bonchev–Trinajstić information content (AvgIpc) is 2.95. The second kappa shape index (κ2) is 4.88. The predicted molar refractivity (Wildman–Crippen MR) is 84.9 cm³/mol. The lowest BCUT2D eigenvalue weighted by molar-refractivity contribution is 0.414. The van der Waals surface area contributed by atoms with E-state index in [9.17, 15) is 4.79 Å². The molecular formula is C15H10N4O2S. The van der Waals surface area contributed by atoms with E-state index in [1.165, 1.54) is 16.0 Å². The van der Waals surface area contributed by atoms with E-state index in [1.54, 1.807) is 37.6 Å². The molecule has 6 nitrogen and oxygen atoms in total. The maximum absolute atomic E-state index is 12.7. The minimum absolute atomic E-state index is 0.196. The lowest BCUT2D eigenvalue weighted by atomic mass is 10.3. The zero-order chi connectivity index (χ0) is 15.1. The van der Waals surface area contributed by atoms with Crippen molar-refractivity contribution in [2.45, 2.75) is 0 Å². The fraction of sp³-hybridized carbons (Fsp3) is 0.0667. The standard InChI is InChI=1S/C15H10N4O2S/c1-21-10-6-4-9(5-7-10)19-15(20)13-12(17-18-19)11-3-2-8-16-14(11)22-13/h2-8H,1H3. The molecule has 0 atom stereocenters. The Bertz CT molecular complexity index is 1040. The molecule has 4 rings (SSSR count). The van der Waals surface area contributed by atoms with Crippen molar-refractivity contribution in [3.05, 3.63) is 52.9 Å². The number of fused-ring (bicyclic) bond motifs is 3. The topological polar surface area (TPSA) is 69.9 Å². The molecule has 0 N–H and O–H groups in total. The second-order valence-electron chi connectivity index (χ2n) is 4.64. The summed E-state index contributed by atoms with van der Waals surface area (Å²) in [5.74, 6) is 0.719. The maximum atomic E-state index is 12.7. The van der Waals surface area contributed by atoms with Crippen molar-refractivity contribution >= 4 is 31.8 Å². The van der Waals surface area contributed by atoms with Gasteiger partial charge in [0.1, 0.15) is 20.8 Å². The summed E-state index contributed by atoms with van der Waals surface area (Å²) in [7, 11) is 1.59. The van der Waals surface area contributed by atoms with Crippen molar-refractivity contribution in [1.29, 1.82) is 0 Å². The van der Waals surface area contributed by atoms with Gasteiger partial charge in [-0.05, 0) is 36.4 Å². The summed E-state index contributed by atoms with van der Waals surface area (Å²) in [6.45, 7) is 0. The zero-order valence-electron chi connectivity index (χ0n) is 11.6. The molecule has 7 heteroatoms. The Hall–Kier alpha value is -2.80. The molecule has 22 heavy (non-hydrogen) atoms. The van der Waals surface area contributed by atoms with Gasteiger partial charge in [-0.3, -0.25) is 4.79 Å². The van der Waals surface area contributed by atoms with Gasteiger partial charge in [0.05, 0.1) is 12.8 Å². The molecule has 0 unspecified atom stereocenters. The van der Waals surface area contributed by atoms with Crippen LogP contribution in [0.15, 0.2) is 47.4 Å². The number of methoxy groups -OCH3 is 1. The zero-order valence-corrected chi connectivity index (χ0v) is 12.4. The van der Waals surface area contributed by atoms with E-state index in [0.29, 0.717) is 15.9 Å². The van der Waals surface area contributed by atoms with Crippen LogP contribution in [0.25, 0.3) is 26.1 Å². The SMILES string of the molecule is COc1ccc(-n2nnc3c(sc4ncccc43)c2=O)cc1. The highest BCUT2D eigenvalue weighted by Gasteiger charge is 2.13. The number of benzene rings is 1. The number of nitrogens with zero attached hydrogens (tertiary/aromatic N) is 4. The Kier molecular flexibility index (Phi) is 2.87. The molecule has 3 aromatic heterocycles. The van der Waals surface area contributed by atoms with E-state index in [4.69, 9.17) is 4.74 Å². The van der Waals surface area contributed by atoms with Gasteiger partial charge in [0.25, 0.3) is 5.56 Å². The number of pyridine rings is 1. The molecule has 108 valence electrons. The van der Waals surface area contributed by atoms with Crippen LogP contribution in [-0.4, -0.2) is 27.1 Å². The van der Waals surface area contributed by atoms with Gasteiger partial charge in [-0.2, -0.15) is 4.68 Å². The van der Waals surface area contributed by atoms with Crippen molar-refractivity contribution in [2.75, 3.05) is 7.11 Å². The van der Waals surface area contributed by atoms with Gasteiger partial charge >= 0.3 is 0 Å². The number of hydrogen-bond donors (Lipinski definition) is 0. The van der Waals surface area contributed by atoms with Gasteiger partial charge in [-0.25, -0.2) is 4.98 Å². The Morgan fingerprint density at radius 2 is 2.00 bits per heavy atom. The van der Waals surface area contributed by atoms with E-state index < -0.39 is 0 Å². The Morgan fingerprint density at radius 3 is 2.77 bits per heavy atom. The molecule has 0 spiro atoms. The molecule has 4 aromatic rings. The number of ether oxygens (including phenoxy) is 1. The molecule has 1 aromatic carbocycles. The van der Waals surface area contributed by atoms with Crippen molar-refractivity contribution in [3.8, 4) is 11.4 Å². The summed E-state index contributed by atoms with van der Waals surface area (Å²) < 4.78 is 6.96. The molecule has 0 saturated carbocycles. The van der Waals surface area contributed by atoms with Crippen LogP contribution in [0.3, 0.4) is 0 Å². The van der Waals surface area contributed by atoms with E-state index in [2.05, 4.69) is 15.3 Å². The maximum Gasteiger partial charge on any atom is 0.292 e. The van der Waals surface area contributed by atoms with Crippen LogP contribution in [0.5, 0.6) is 5.75 Å². The molecule has 0 amide bonds. The van der Waals surface area contributed by atoms with Gasteiger partial charge in [0, 0.05) is 11.6 Å². The molecular weight excluding hydrogens is 300 g/mol.